The predicted molar refractivity (Wildman–Crippen MR) is 89.0 cm³/mol. The van der Waals surface area contributed by atoms with Gasteiger partial charge in [0.05, 0.1) is 12.5 Å². The molecule has 6 heteroatoms. The van der Waals surface area contributed by atoms with Crippen molar-refractivity contribution in [1.82, 2.24) is 0 Å². The first-order valence-electron chi connectivity index (χ1n) is 8.63. The summed E-state index contributed by atoms with van der Waals surface area (Å²) < 4.78 is 5.11. The molecular formula is C17H24N2O4. The molecule has 2 aliphatic rings. The number of esters is 1. The van der Waals surface area contributed by atoms with Crippen LogP contribution in [-0.2, 0) is 9.53 Å². The number of hydrogen-bond donors (Lipinski definition) is 0. The third kappa shape index (κ3) is 2.99. The highest BCUT2D eigenvalue weighted by Crippen LogP contribution is 2.30. The number of rotatable bonds is 4. The van der Waals surface area contributed by atoms with Crippen LogP contribution >= 0.6 is 0 Å². The summed E-state index contributed by atoms with van der Waals surface area (Å²) in [5, 5.41) is 0. The monoisotopic (exact) mass is 320 g/mol. The molecule has 2 fully saturated rings. The first-order chi connectivity index (χ1) is 11.1. The van der Waals surface area contributed by atoms with Gasteiger partial charge in [0, 0.05) is 26.2 Å². The number of nitrogens with zero attached hydrogens (tertiary/aromatic N) is 2. The van der Waals surface area contributed by atoms with Crippen LogP contribution in [0.4, 0.5) is 11.4 Å². The van der Waals surface area contributed by atoms with Crippen LogP contribution in [0.5, 0.6) is 0 Å². The van der Waals surface area contributed by atoms with Crippen molar-refractivity contribution in [2.45, 2.75) is 39.0 Å². The Morgan fingerprint density at radius 2 is 1.61 bits per heavy atom. The fourth-order valence-corrected chi connectivity index (χ4v) is 3.70. The van der Waals surface area contributed by atoms with Gasteiger partial charge in [0.2, 0.25) is 0 Å². The van der Waals surface area contributed by atoms with Crippen molar-refractivity contribution >= 4 is 17.3 Å². The Bertz CT molecular complexity index is 641. The first-order valence-corrected chi connectivity index (χ1v) is 8.63. The van der Waals surface area contributed by atoms with Crippen LogP contribution < -0.4 is 20.7 Å². The van der Waals surface area contributed by atoms with Crippen LogP contribution in [0.15, 0.2) is 9.59 Å². The van der Waals surface area contributed by atoms with Crippen LogP contribution in [0, 0.1) is 5.92 Å². The Balaban J connectivity index is 1.79. The standard InChI is InChI=1S/C17H24N2O4/c1-2-23-17(22)12-7-6-10-19(11-12)14-13(15(20)16(14)21)18-8-4-3-5-9-18/h12H,2-11H2,1H3/t12-/m0/s1. The molecule has 0 saturated carbocycles. The van der Waals surface area contributed by atoms with Crippen molar-refractivity contribution in [3.8, 4) is 0 Å². The van der Waals surface area contributed by atoms with Crippen LogP contribution in [-0.4, -0.2) is 38.8 Å². The maximum Gasteiger partial charge on any atom is 0.310 e. The zero-order valence-electron chi connectivity index (χ0n) is 13.7. The molecule has 2 saturated heterocycles. The predicted octanol–water partition coefficient (Wildman–Crippen LogP) is 1.05. The molecule has 1 aromatic rings. The number of hydrogen-bond acceptors (Lipinski definition) is 6. The molecule has 0 radical (unpaired) electrons. The minimum Gasteiger partial charge on any atom is -0.466 e. The van der Waals surface area contributed by atoms with E-state index in [4.69, 9.17) is 4.74 Å². The van der Waals surface area contributed by atoms with Crippen LogP contribution in [0.3, 0.4) is 0 Å². The Labute approximate surface area is 135 Å². The Morgan fingerprint density at radius 1 is 1.00 bits per heavy atom. The van der Waals surface area contributed by atoms with Crippen molar-refractivity contribution in [1.29, 1.82) is 0 Å². The normalized spacial score (nSPS) is 22.4. The summed E-state index contributed by atoms with van der Waals surface area (Å²) in [6.45, 7) is 5.05. The molecule has 0 aliphatic carbocycles. The summed E-state index contributed by atoms with van der Waals surface area (Å²) in [6.07, 6.45) is 4.91. The van der Waals surface area contributed by atoms with Crippen molar-refractivity contribution < 1.29 is 9.53 Å². The van der Waals surface area contributed by atoms with E-state index in [2.05, 4.69) is 4.90 Å². The molecule has 0 unspecified atom stereocenters. The SMILES string of the molecule is CCOC(=O)[C@H]1CCCN(c2c(N3CCCCC3)c(=O)c2=O)C1. The van der Waals surface area contributed by atoms with Gasteiger partial charge in [-0.15, -0.1) is 0 Å². The highest BCUT2D eigenvalue weighted by Gasteiger charge is 2.34. The molecule has 0 aromatic heterocycles. The van der Waals surface area contributed by atoms with Crippen LogP contribution in [0.2, 0.25) is 0 Å². The zero-order valence-corrected chi connectivity index (χ0v) is 13.7. The largest absolute Gasteiger partial charge is 0.466 e. The zero-order chi connectivity index (χ0) is 16.4. The summed E-state index contributed by atoms with van der Waals surface area (Å²) in [6, 6.07) is 0. The molecule has 6 nitrogen and oxygen atoms in total. The fraction of sp³-hybridized carbons (Fsp3) is 0.706. The highest BCUT2D eigenvalue weighted by molar-refractivity contribution is 5.78. The van der Waals surface area contributed by atoms with E-state index in [1.165, 1.54) is 6.42 Å². The van der Waals surface area contributed by atoms with E-state index >= 15 is 0 Å². The quantitative estimate of drug-likeness (QED) is 0.610. The minimum atomic E-state index is -0.393. The van der Waals surface area contributed by atoms with Gasteiger partial charge >= 0.3 is 5.97 Å². The number of carbonyl (C=O) groups is 1. The lowest BCUT2D eigenvalue weighted by Crippen LogP contribution is -2.50. The Morgan fingerprint density at radius 3 is 2.26 bits per heavy atom. The van der Waals surface area contributed by atoms with Crippen LogP contribution in [0.1, 0.15) is 39.0 Å². The minimum absolute atomic E-state index is 0.199. The van der Waals surface area contributed by atoms with E-state index < -0.39 is 5.43 Å². The second-order valence-corrected chi connectivity index (χ2v) is 6.44. The van der Waals surface area contributed by atoms with Crippen LogP contribution in [0.25, 0.3) is 0 Å². The van der Waals surface area contributed by atoms with E-state index in [1.54, 1.807) is 6.92 Å². The van der Waals surface area contributed by atoms with Gasteiger partial charge in [0.1, 0.15) is 11.4 Å². The third-order valence-corrected chi connectivity index (χ3v) is 4.89. The van der Waals surface area contributed by atoms with Gasteiger partial charge < -0.3 is 14.5 Å². The molecule has 0 bridgehead atoms. The maximum atomic E-state index is 12.1. The molecule has 23 heavy (non-hydrogen) atoms. The average Bonchev–Trinajstić information content (AvgIpc) is 2.59. The number of anilines is 2. The molecule has 1 aromatic carbocycles. The summed E-state index contributed by atoms with van der Waals surface area (Å²) in [5.41, 5.74) is 0.361. The molecule has 0 spiro atoms. The van der Waals surface area contributed by atoms with Crippen molar-refractivity contribution in [2.24, 2.45) is 5.92 Å². The molecule has 0 N–H and O–H groups in total. The van der Waals surface area contributed by atoms with E-state index in [0.717, 1.165) is 45.3 Å². The van der Waals surface area contributed by atoms with Gasteiger partial charge in [-0.05, 0) is 39.0 Å². The lowest BCUT2D eigenvalue weighted by Gasteiger charge is -2.38. The lowest BCUT2D eigenvalue weighted by molar-refractivity contribution is -0.148. The average molecular weight is 320 g/mol. The molecule has 3 rings (SSSR count). The number of ether oxygens (including phenoxy) is 1. The van der Waals surface area contributed by atoms with Gasteiger partial charge in [-0.3, -0.25) is 14.4 Å². The van der Waals surface area contributed by atoms with E-state index in [1.807, 2.05) is 4.90 Å². The topological polar surface area (TPSA) is 66.9 Å². The van der Waals surface area contributed by atoms with Gasteiger partial charge in [-0.25, -0.2) is 0 Å². The van der Waals surface area contributed by atoms with E-state index in [9.17, 15) is 14.4 Å². The van der Waals surface area contributed by atoms with Crippen molar-refractivity contribution in [3.63, 3.8) is 0 Å². The first kappa shape index (κ1) is 16.0. The number of carbonyl (C=O) groups excluding carboxylic acids is 1. The Hall–Kier alpha value is -1.85. The van der Waals surface area contributed by atoms with Gasteiger partial charge in [-0.2, -0.15) is 0 Å². The highest BCUT2D eigenvalue weighted by atomic mass is 16.5. The number of piperidine rings is 2. The summed E-state index contributed by atoms with van der Waals surface area (Å²) in [4.78, 5) is 40.1. The molecule has 126 valence electrons. The third-order valence-electron chi connectivity index (χ3n) is 4.89. The second kappa shape index (κ2) is 6.72. The molecule has 0 amide bonds. The molecule has 1 atom stereocenters. The second-order valence-electron chi connectivity index (χ2n) is 6.44. The summed E-state index contributed by atoms with van der Waals surface area (Å²) >= 11 is 0. The van der Waals surface area contributed by atoms with Gasteiger partial charge in [0.15, 0.2) is 0 Å². The maximum absolute atomic E-state index is 12.1. The van der Waals surface area contributed by atoms with E-state index in [0.29, 0.717) is 24.5 Å². The van der Waals surface area contributed by atoms with Crippen molar-refractivity contribution in [3.05, 3.63) is 20.4 Å². The summed E-state index contributed by atoms with van der Waals surface area (Å²) in [5.74, 6) is -0.405. The lowest BCUT2D eigenvalue weighted by atomic mass is 9.96. The van der Waals surface area contributed by atoms with Gasteiger partial charge in [-0.1, -0.05) is 0 Å². The Kier molecular flexibility index (Phi) is 4.68. The molecule has 2 aliphatic heterocycles. The summed E-state index contributed by atoms with van der Waals surface area (Å²) in [7, 11) is 0. The fourth-order valence-electron chi connectivity index (χ4n) is 3.70. The van der Waals surface area contributed by atoms with Crippen molar-refractivity contribution in [2.75, 3.05) is 42.6 Å². The molecule has 2 heterocycles. The smallest absolute Gasteiger partial charge is 0.310 e. The van der Waals surface area contributed by atoms with E-state index in [-0.39, 0.29) is 17.3 Å². The molecular weight excluding hydrogens is 296 g/mol. The van der Waals surface area contributed by atoms with Gasteiger partial charge in [0.25, 0.3) is 10.9 Å².